The molecule has 3 rings (SSSR count). The van der Waals surface area contributed by atoms with E-state index in [0.29, 0.717) is 11.5 Å². The molecule has 1 heterocycles. The van der Waals surface area contributed by atoms with Crippen LogP contribution in [0, 0.1) is 6.92 Å². The highest BCUT2D eigenvalue weighted by Gasteiger charge is 2.21. The number of aromatic carboxylic acids is 1. The fourth-order valence-corrected chi connectivity index (χ4v) is 2.07. The first-order chi connectivity index (χ1) is 10.1. The van der Waals surface area contributed by atoms with Gasteiger partial charge in [-0.2, -0.15) is 0 Å². The van der Waals surface area contributed by atoms with Crippen LogP contribution in [-0.4, -0.2) is 16.1 Å². The Kier molecular flexibility index (Phi) is 3.28. The van der Waals surface area contributed by atoms with E-state index in [-0.39, 0.29) is 11.5 Å². The van der Waals surface area contributed by atoms with Crippen molar-refractivity contribution in [2.24, 2.45) is 0 Å². The highest BCUT2D eigenvalue weighted by molar-refractivity contribution is 5.93. The lowest BCUT2D eigenvalue weighted by Gasteiger charge is -1.99. The van der Waals surface area contributed by atoms with E-state index in [1.165, 1.54) is 0 Å². The minimum Gasteiger partial charge on any atom is -0.476 e. The first-order valence-electron chi connectivity index (χ1n) is 6.52. The summed E-state index contributed by atoms with van der Waals surface area (Å²) in [5.41, 5.74) is 2.47. The molecule has 0 aliphatic carbocycles. The van der Waals surface area contributed by atoms with Gasteiger partial charge in [0, 0.05) is 11.1 Å². The van der Waals surface area contributed by atoms with Gasteiger partial charge in [-0.1, -0.05) is 48.0 Å². The van der Waals surface area contributed by atoms with Crippen LogP contribution in [-0.2, 0) is 0 Å². The van der Waals surface area contributed by atoms with Crippen molar-refractivity contribution in [1.29, 1.82) is 0 Å². The van der Waals surface area contributed by atoms with E-state index in [9.17, 15) is 9.90 Å². The summed E-state index contributed by atoms with van der Waals surface area (Å²) in [6, 6.07) is 16.7. The zero-order valence-electron chi connectivity index (χ0n) is 11.4. The first-order valence-corrected chi connectivity index (χ1v) is 6.52. The molecule has 0 bridgehead atoms. The van der Waals surface area contributed by atoms with E-state index in [4.69, 9.17) is 4.42 Å². The summed E-state index contributed by atoms with van der Waals surface area (Å²) in [7, 11) is 0. The average molecular weight is 279 g/mol. The molecule has 21 heavy (non-hydrogen) atoms. The van der Waals surface area contributed by atoms with Gasteiger partial charge in [0.25, 0.3) is 0 Å². The molecule has 0 fully saturated rings. The van der Waals surface area contributed by atoms with Crippen LogP contribution in [0.15, 0.2) is 59.0 Å². The summed E-state index contributed by atoms with van der Waals surface area (Å²) in [4.78, 5) is 15.5. The predicted octanol–water partition coefficient (Wildman–Crippen LogP) is 4.02. The van der Waals surface area contributed by atoms with Gasteiger partial charge in [0.2, 0.25) is 5.89 Å². The average Bonchev–Trinajstić information content (AvgIpc) is 2.94. The van der Waals surface area contributed by atoms with Crippen molar-refractivity contribution in [3.8, 4) is 22.8 Å². The van der Waals surface area contributed by atoms with Gasteiger partial charge in [-0.3, -0.25) is 0 Å². The lowest BCUT2D eigenvalue weighted by atomic mass is 10.1. The van der Waals surface area contributed by atoms with Crippen molar-refractivity contribution >= 4 is 5.97 Å². The van der Waals surface area contributed by atoms with Crippen molar-refractivity contribution in [2.45, 2.75) is 6.92 Å². The van der Waals surface area contributed by atoms with Crippen molar-refractivity contribution in [3.05, 3.63) is 65.9 Å². The minimum atomic E-state index is -1.10. The fraction of sp³-hybridized carbons (Fsp3) is 0.0588. The second-order valence-electron chi connectivity index (χ2n) is 4.73. The molecule has 4 heteroatoms. The Morgan fingerprint density at radius 3 is 2.29 bits per heavy atom. The minimum absolute atomic E-state index is 0.0716. The van der Waals surface area contributed by atoms with Crippen LogP contribution in [0.25, 0.3) is 22.8 Å². The number of carbonyl (C=O) groups is 1. The second-order valence-corrected chi connectivity index (χ2v) is 4.73. The van der Waals surface area contributed by atoms with Crippen LogP contribution in [0.5, 0.6) is 0 Å². The summed E-state index contributed by atoms with van der Waals surface area (Å²) >= 11 is 0. The van der Waals surface area contributed by atoms with Gasteiger partial charge in [-0.05, 0) is 19.1 Å². The molecule has 0 unspecified atom stereocenters. The molecule has 1 N–H and O–H groups in total. The van der Waals surface area contributed by atoms with Gasteiger partial charge in [0.1, 0.15) is 0 Å². The molecule has 0 aliphatic heterocycles. The van der Waals surface area contributed by atoms with Crippen LogP contribution in [0.2, 0.25) is 0 Å². The number of nitrogens with zero attached hydrogens (tertiary/aromatic N) is 1. The quantitative estimate of drug-likeness (QED) is 0.786. The number of carboxylic acid groups (broad SMARTS) is 1. The third kappa shape index (κ3) is 2.56. The number of oxazole rings is 1. The molecule has 0 amide bonds. The molecule has 4 nitrogen and oxygen atoms in total. The highest BCUT2D eigenvalue weighted by atomic mass is 16.4. The van der Waals surface area contributed by atoms with E-state index in [2.05, 4.69) is 4.98 Å². The number of hydrogen-bond acceptors (Lipinski definition) is 3. The maximum Gasteiger partial charge on any atom is 0.358 e. The van der Waals surface area contributed by atoms with Crippen molar-refractivity contribution in [1.82, 2.24) is 4.98 Å². The van der Waals surface area contributed by atoms with Gasteiger partial charge < -0.3 is 9.52 Å². The van der Waals surface area contributed by atoms with Gasteiger partial charge >= 0.3 is 5.97 Å². The Morgan fingerprint density at radius 1 is 1.00 bits per heavy atom. The van der Waals surface area contributed by atoms with E-state index >= 15 is 0 Å². The van der Waals surface area contributed by atoms with E-state index in [1.807, 2.05) is 61.5 Å². The molecule has 0 atom stereocenters. The molecular formula is C17H13NO3. The Balaban J connectivity index is 2.14. The largest absolute Gasteiger partial charge is 0.476 e. The monoisotopic (exact) mass is 279 g/mol. The van der Waals surface area contributed by atoms with Crippen molar-refractivity contribution in [3.63, 3.8) is 0 Å². The Hall–Kier alpha value is -2.88. The number of benzene rings is 2. The molecule has 0 saturated carbocycles. The second kappa shape index (κ2) is 5.25. The van der Waals surface area contributed by atoms with E-state index in [0.717, 1.165) is 11.1 Å². The van der Waals surface area contributed by atoms with E-state index in [1.54, 1.807) is 0 Å². The van der Waals surface area contributed by atoms with Crippen molar-refractivity contribution < 1.29 is 14.3 Å². The lowest BCUT2D eigenvalue weighted by molar-refractivity contribution is 0.0691. The molecule has 2 aromatic carbocycles. The fourth-order valence-electron chi connectivity index (χ4n) is 2.07. The topological polar surface area (TPSA) is 63.3 Å². The SMILES string of the molecule is Cc1ccc(-c2oc(-c3ccccc3)nc2C(=O)O)cc1. The third-order valence-electron chi connectivity index (χ3n) is 3.16. The summed E-state index contributed by atoms with van der Waals surface area (Å²) < 4.78 is 5.70. The number of aryl methyl sites for hydroxylation is 1. The van der Waals surface area contributed by atoms with Crippen LogP contribution >= 0.6 is 0 Å². The van der Waals surface area contributed by atoms with Crippen LogP contribution in [0.1, 0.15) is 16.1 Å². The van der Waals surface area contributed by atoms with Crippen LogP contribution < -0.4 is 0 Å². The summed E-state index contributed by atoms with van der Waals surface area (Å²) in [6.07, 6.45) is 0. The number of hydrogen-bond donors (Lipinski definition) is 1. The van der Waals surface area contributed by atoms with Crippen LogP contribution in [0.4, 0.5) is 0 Å². The zero-order valence-corrected chi connectivity index (χ0v) is 11.4. The highest BCUT2D eigenvalue weighted by Crippen LogP contribution is 2.29. The Labute approximate surface area is 121 Å². The molecule has 3 aromatic rings. The summed E-state index contributed by atoms with van der Waals surface area (Å²) in [5.74, 6) is -0.513. The molecular weight excluding hydrogens is 266 g/mol. The Morgan fingerprint density at radius 2 is 1.67 bits per heavy atom. The van der Waals surface area contributed by atoms with Gasteiger partial charge in [0.15, 0.2) is 11.5 Å². The normalized spacial score (nSPS) is 10.5. The number of carboxylic acids is 1. The standard InChI is InChI=1S/C17H13NO3/c1-11-7-9-12(10-8-11)15-14(17(19)20)18-16(21-15)13-5-3-2-4-6-13/h2-10H,1H3,(H,19,20). The number of aromatic nitrogens is 1. The maximum absolute atomic E-state index is 11.4. The molecule has 0 aliphatic rings. The predicted molar refractivity (Wildman–Crippen MR) is 79.1 cm³/mol. The molecule has 0 saturated heterocycles. The van der Waals surface area contributed by atoms with Gasteiger partial charge in [-0.15, -0.1) is 0 Å². The van der Waals surface area contributed by atoms with Gasteiger partial charge in [0.05, 0.1) is 0 Å². The maximum atomic E-state index is 11.4. The Bertz CT molecular complexity index is 774. The first kappa shape index (κ1) is 13.1. The van der Waals surface area contributed by atoms with Crippen LogP contribution in [0.3, 0.4) is 0 Å². The third-order valence-corrected chi connectivity index (χ3v) is 3.16. The summed E-state index contributed by atoms with van der Waals surface area (Å²) in [6.45, 7) is 1.97. The van der Waals surface area contributed by atoms with Crippen molar-refractivity contribution in [2.75, 3.05) is 0 Å². The molecule has 104 valence electrons. The molecule has 1 aromatic heterocycles. The smallest absolute Gasteiger partial charge is 0.358 e. The molecule has 0 radical (unpaired) electrons. The van der Waals surface area contributed by atoms with Gasteiger partial charge in [-0.25, -0.2) is 9.78 Å². The summed E-state index contributed by atoms with van der Waals surface area (Å²) in [5, 5.41) is 9.32. The van der Waals surface area contributed by atoms with E-state index < -0.39 is 5.97 Å². The lowest BCUT2D eigenvalue weighted by Crippen LogP contribution is -1.98. The zero-order chi connectivity index (χ0) is 14.8. The number of rotatable bonds is 3. The molecule has 0 spiro atoms.